The zero-order valence-corrected chi connectivity index (χ0v) is 16.1. The van der Waals surface area contributed by atoms with Crippen molar-refractivity contribution in [2.45, 2.75) is 19.1 Å². The van der Waals surface area contributed by atoms with E-state index in [2.05, 4.69) is 5.32 Å². The fourth-order valence-electron chi connectivity index (χ4n) is 2.08. The molecule has 0 saturated carbocycles. The first-order chi connectivity index (χ1) is 11.8. The summed E-state index contributed by atoms with van der Waals surface area (Å²) in [6.07, 6.45) is 1.20. The minimum absolute atomic E-state index is 0. The molecule has 0 heterocycles. The Balaban J connectivity index is 0.00000338. The van der Waals surface area contributed by atoms with Crippen LogP contribution in [0.5, 0.6) is 5.75 Å². The first kappa shape index (κ1) is 22.0. The predicted octanol–water partition coefficient (Wildman–Crippen LogP) is 2.39. The second-order valence-electron chi connectivity index (χ2n) is 5.81. The smallest absolute Gasteiger partial charge is 0.241 e. The van der Waals surface area contributed by atoms with E-state index in [9.17, 15) is 13.2 Å². The molecule has 0 spiro atoms. The van der Waals surface area contributed by atoms with Crippen LogP contribution in [0.1, 0.15) is 12.0 Å². The van der Waals surface area contributed by atoms with Crippen LogP contribution in [0.15, 0.2) is 54.6 Å². The van der Waals surface area contributed by atoms with Gasteiger partial charge in [0, 0.05) is 11.9 Å². The number of ether oxygens (including phenoxy) is 1. The number of nitrogens with one attached hydrogen (secondary N) is 1. The van der Waals surface area contributed by atoms with Gasteiger partial charge in [0.25, 0.3) is 0 Å². The maximum Gasteiger partial charge on any atom is 0.241 e. The van der Waals surface area contributed by atoms with Gasteiger partial charge in [0.05, 0.1) is 11.8 Å². The quantitative estimate of drug-likeness (QED) is 0.711. The molecule has 0 aliphatic rings. The number of sulfone groups is 1. The highest BCUT2D eigenvalue weighted by molar-refractivity contribution is 7.90. The minimum atomic E-state index is -3.14. The molecule has 0 bridgehead atoms. The van der Waals surface area contributed by atoms with Gasteiger partial charge < -0.3 is 15.8 Å². The number of carbonyl (C=O) groups excluding carboxylic acids is 1. The predicted molar refractivity (Wildman–Crippen MR) is 105 cm³/mol. The van der Waals surface area contributed by atoms with E-state index in [1.54, 1.807) is 24.3 Å². The van der Waals surface area contributed by atoms with Crippen LogP contribution in [0.25, 0.3) is 0 Å². The van der Waals surface area contributed by atoms with E-state index < -0.39 is 21.8 Å². The van der Waals surface area contributed by atoms with Gasteiger partial charge in [0.1, 0.15) is 22.2 Å². The van der Waals surface area contributed by atoms with Crippen LogP contribution >= 0.6 is 12.4 Å². The van der Waals surface area contributed by atoms with Crippen molar-refractivity contribution in [3.05, 3.63) is 60.2 Å². The Kier molecular flexibility index (Phi) is 8.57. The molecule has 26 heavy (non-hydrogen) atoms. The first-order valence-electron chi connectivity index (χ1n) is 7.84. The molecule has 0 aliphatic carbocycles. The Hall–Kier alpha value is -2.09. The van der Waals surface area contributed by atoms with Crippen molar-refractivity contribution in [2.24, 2.45) is 5.73 Å². The SMILES string of the molecule is CS(=O)(=O)CCC(N)C(=O)Nc1ccc(OCc2ccccc2)cc1.Cl. The second-order valence-corrected chi connectivity index (χ2v) is 8.07. The Morgan fingerprint density at radius 3 is 2.31 bits per heavy atom. The van der Waals surface area contributed by atoms with Crippen molar-refractivity contribution < 1.29 is 17.9 Å². The van der Waals surface area contributed by atoms with E-state index in [1.807, 2.05) is 30.3 Å². The lowest BCUT2D eigenvalue weighted by atomic mass is 10.2. The standard InChI is InChI=1S/C18H22N2O4S.ClH/c1-25(22,23)12-11-17(19)18(21)20-15-7-9-16(10-8-15)24-13-14-5-3-2-4-6-14;/h2-10,17H,11-13,19H2,1H3,(H,20,21);1H. The number of nitrogens with two attached hydrogens (primary N) is 1. The molecule has 142 valence electrons. The van der Waals surface area contributed by atoms with Crippen molar-refractivity contribution in [3.63, 3.8) is 0 Å². The van der Waals surface area contributed by atoms with Gasteiger partial charge in [-0.05, 0) is 36.2 Å². The van der Waals surface area contributed by atoms with Crippen molar-refractivity contribution in [2.75, 3.05) is 17.3 Å². The van der Waals surface area contributed by atoms with Crippen molar-refractivity contribution in [1.82, 2.24) is 0 Å². The number of halogens is 1. The molecule has 0 aromatic heterocycles. The third-order valence-corrected chi connectivity index (χ3v) is 4.48. The molecule has 1 amide bonds. The van der Waals surface area contributed by atoms with E-state index in [0.29, 0.717) is 18.0 Å². The molecule has 2 aromatic rings. The fourth-order valence-corrected chi connectivity index (χ4v) is 2.76. The molecule has 0 aliphatic heterocycles. The molecule has 0 radical (unpaired) electrons. The zero-order valence-electron chi connectivity index (χ0n) is 14.4. The molecule has 1 atom stereocenters. The normalized spacial score (nSPS) is 11.9. The van der Waals surface area contributed by atoms with Crippen molar-refractivity contribution >= 4 is 33.8 Å². The van der Waals surface area contributed by atoms with E-state index >= 15 is 0 Å². The van der Waals surface area contributed by atoms with E-state index in [4.69, 9.17) is 10.5 Å². The summed E-state index contributed by atoms with van der Waals surface area (Å²) in [4.78, 5) is 12.0. The van der Waals surface area contributed by atoms with Crippen molar-refractivity contribution in [3.8, 4) is 5.75 Å². The van der Waals surface area contributed by atoms with E-state index in [0.717, 1.165) is 11.8 Å². The highest BCUT2D eigenvalue weighted by Crippen LogP contribution is 2.17. The summed E-state index contributed by atoms with van der Waals surface area (Å²) >= 11 is 0. The molecule has 2 aromatic carbocycles. The Morgan fingerprint density at radius 1 is 1.12 bits per heavy atom. The van der Waals surface area contributed by atoms with E-state index in [-0.39, 0.29) is 24.6 Å². The molecule has 8 heteroatoms. The number of hydrogen-bond donors (Lipinski definition) is 2. The molecule has 0 fully saturated rings. The van der Waals surface area contributed by atoms with Gasteiger partial charge in [0.15, 0.2) is 0 Å². The van der Waals surface area contributed by atoms with Gasteiger partial charge >= 0.3 is 0 Å². The summed E-state index contributed by atoms with van der Waals surface area (Å²) in [6.45, 7) is 0.461. The first-order valence-corrected chi connectivity index (χ1v) is 9.90. The molecule has 3 N–H and O–H groups in total. The Labute approximate surface area is 160 Å². The summed E-state index contributed by atoms with van der Waals surface area (Å²) in [5.41, 5.74) is 7.36. The number of anilines is 1. The van der Waals surface area contributed by atoms with Gasteiger partial charge in [-0.15, -0.1) is 12.4 Å². The maximum absolute atomic E-state index is 12.0. The topological polar surface area (TPSA) is 98.5 Å². The average Bonchev–Trinajstić information content (AvgIpc) is 2.59. The zero-order chi connectivity index (χ0) is 18.3. The molecule has 2 rings (SSSR count). The number of benzene rings is 2. The maximum atomic E-state index is 12.0. The van der Waals surface area contributed by atoms with Crippen LogP contribution in [-0.4, -0.2) is 32.4 Å². The monoisotopic (exact) mass is 398 g/mol. The lowest BCUT2D eigenvalue weighted by molar-refractivity contribution is -0.117. The molecular weight excluding hydrogens is 376 g/mol. The van der Waals surface area contributed by atoms with Gasteiger partial charge in [-0.1, -0.05) is 30.3 Å². The number of rotatable bonds is 8. The summed E-state index contributed by atoms with van der Waals surface area (Å²) in [5.74, 6) is 0.151. The number of hydrogen-bond acceptors (Lipinski definition) is 5. The molecule has 0 saturated heterocycles. The number of amides is 1. The highest BCUT2D eigenvalue weighted by Gasteiger charge is 2.16. The third kappa shape index (κ3) is 7.86. The van der Waals surface area contributed by atoms with Gasteiger partial charge in [-0.2, -0.15) is 0 Å². The average molecular weight is 399 g/mol. The van der Waals surface area contributed by atoms with Gasteiger partial charge in [-0.25, -0.2) is 8.42 Å². The van der Waals surface area contributed by atoms with Crippen molar-refractivity contribution in [1.29, 1.82) is 0 Å². The van der Waals surface area contributed by atoms with Crippen LogP contribution in [-0.2, 0) is 21.2 Å². The fraction of sp³-hybridized carbons (Fsp3) is 0.278. The van der Waals surface area contributed by atoms with E-state index in [1.165, 1.54) is 0 Å². The largest absolute Gasteiger partial charge is 0.489 e. The van der Waals surface area contributed by atoms with Crippen LogP contribution in [0, 0.1) is 0 Å². The Morgan fingerprint density at radius 2 is 1.73 bits per heavy atom. The third-order valence-electron chi connectivity index (χ3n) is 3.51. The van der Waals surface area contributed by atoms with Crippen LogP contribution in [0.2, 0.25) is 0 Å². The molecular formula is C18H23ClN2O4S. The Bertz CT molecular complexity index is 796. The lowest BCUT2D eigenvalue weighted by Crippen LogP contribution is -2.37. The summed E-state index contributed by atoms with van der Waals surface area (Å²) in [5, 5.41) is 2.66. The highest BCUT2D eigenvalue weighted by atomic mass is 35.5. The number of carbonyl (C=O) groups is 1. The summed E-state index contributed by atoms with van der Waals surface area (Å²) < 4.78 is 27.9. The lowest BCUT2D eigenvalue weighted by Gasteiger charge is -2.12. The summed E-state index contributed by atoms with van der Waals surface area (Å²) in [6, 6.07) is 15.9. The van der Waals surface area contributed by atoms with Crippen LogP contribution < -0.4 is 15.8 Å². The summed E-state index contributed by atoms with van der Waals surface area (Å²) in [7, 11) is -3.14. The van der Waals surface area contributed by atoms with Gasteiger partial charge in [-0.3, -0.25) is 4.79 Å². The second kappa shape index (κ2) is 10.2. The molecule has 6 nitrogen and oxygen atoms in total. The van der Waals surface area contributed by atoms with Gasteiger partial charge in [0.2, 0.25) is 5.91 Å². The molecule has 1 unspecified atom stereocenters. The minimum Gasteiger partial charge on any atom is -0.489 e. The van der Waals surface area contributed by atoms with Crippen LogP contribution in [0.3, 0.4) is 0 Å². The van der Waals surface area contributed by atoms with Crippen LogP contribution in [0.4, 0.5) is 5.69 Å².